The maximum Gasteiger partial charge on any atom is 0.269 e. The van der Waals surface area contributed by atoms with Crippen LogP contribution in [0, 0.1) is 6.33 Å². The molecule has 0 bridgehead atoms. The van der Waals surface area contributed by atoms with E-state index in [1.807, 2.05) is 12.3 Å². The summed E-state index contributed by atoms with van der Waals surface area (Å²) in [6.45, 7) is 27.3. The monoisotopic (exact) mass is 752 g/mol. The van der Waals surface area contributed by atoms with Crippen LogP contribution in [-0.2, 0) is 21.7 Å². The van der Waals surface area contributed by atoms with Crippen LogP contribution in [0.2, 0.25) is 0 Å². The van der Waals surface area contributed by atoms with Crippen LogP contribution in [-0.4, -0.2) is 14.1 Å². The highest BCUT2D eigenvalue weighted by atomic mass is 16.5. The Hall–Kier alpha value is -5.68. The molecule has 0 aliphatic rings. The van der Waals surface area contributed by atoms with Crippen molar-refractivity contribution < 1.29 is 9.30 Å². The largest absolute Gasteiger partial charge is 0.458 e. The Morgan fingerprint density at radius 3 is 1.82 bits per heavy atom. The minimum Gasteiger partial charge on any atom is -0.458 e. The van der Waals surface area contributed by atoms with Gasteiger partial charge in [0, 0.05) is 23.0 Å². The van der Waals surface area contributed by atoms with Gasteiger partial charge >= 0.3 is 0 Å². The Morgan fingerprint density at radius 1 is 0.509 bits per heavy atom. The highest BCUT2D eigenvalue weighted by Crippen LogP contribution is 2.37. The van der Waals surface area contributed by atoms with E-state index >= 15 is 0 Å². The number of hydrogen-bond donors (Lipinski definition) is 0. The van der Waals surface area contributed by atoms with Gasteiger partial charge in [0.1, 0.15) is 17.3 Å². The molecule has 0 radical (unpaired) electrons. The molecule has 0 saturated heterocycles. The molecule has 0 spiro atoms. The zero-order valence-electron chi connectivity index (χ0n) is 35.7. The van der Waals surface area contributed by atoms with E-state index in [0.717, 1.165) is 56.1 Å². The standard InChI is InChI=1S/C52H56N4O/c1-49(2,3)34-20-23-45-47(29-34)55(39-27-36(51(7,8)9)26-37(28-39)52(10,11)12)33-54(45)38-16-15-17-40(31-38)57-41-21-22-43-42-18-13-14-19-44(42)56(46(43)32-41)48-30-35(24-25-53-48)50(4,5)6/h13-32H,1-12H3. The molecule has 0 amide bonds. The zero-order valence-corrected chi connectivity index (χ0v) is 35.7. The molecule has 5 aromatic carbocycles. The Morgan fingerprint density at radius 2 is 1.14 bits per heavy atom. The van der Waals surface area contributed by atoms with Crippen molar-refractivity contribution >= 4 is 32.8 Å². The molecule has 8 rings (SSSR count). The molecule has 3 heterocycles. The normalized spacial score (nSPS) is 12.9. The third-order valence-electron chi connectivity index (χ3n) is 11.2. The maximum atomic E-state index is 6.72. The minimum absolute atomic E-state index is 0.00179. The van der Waals surface area contributed by atoms with E-state index in [1.165, 1.54) is 27.6 Å². The van der Waals surface area contributed by atoms with Gasteiger partial charge in [-0.2, -0.15) is 0 Å². The quantitative estimate of drug-likeness (QED) is 0.130. The van der Waals surface area contributed by atoms with Crippen molar-refractivity contribution in [1.82, 2.24) is 14.1 Å². The molecule has 0 saturated carbocycles. The lowest BCUT2D eigenvalue weighted by atomic mass is 9.80. The molecule has 0 fully saturated rings. The number of nitrogens with zero attached hydrogens (tertiary/aromatic N) is 4. The van der Waals surface area contributed by atoms with Gasteiger partial charge in [0.2, 0.25) is 0 Å². The van der Waals surface area contributed by atoms with Crippen molar-refractivity contribution in [1.29, 1.82) is 0 Å². The average Bonchev–Trinajstić information content (AvgIpc) is 3.69. The molecule has 0 aliphatic carbocycles. The first kappa shape index (κ1) is 38.2. The van der Waals surface area contributed by atoms with Crippen molar-refractivity contribution in [2.24, 2.45) is 0 Å². The summed E-state index contributed by atoms with van der Waals surface area (Å²) in [5.41, 5.74) is 11.5. The first-order valence-corrected chi connectivity index (χ1v) is 20.2. The zero-order chi connectivity index (χ0) is 40.7. The first-order valence-electron chi connectivity index (χ1n) is 20.2. The number of rotatable bonds is 5. The lowest BCUT2D eigenvalue weighted by Crippen LogP contribution is -2.31. The highest BCUT2D eigenvalue weighted by Gasteiger charge is 2.24. The number of ether oxygens (including phenoxy) is 1. The molecule has 8 aromatic rings. The molecule has 0 atom stereocenters. The van der Waals surface area contributed by atoms with Crippen LogP contribution in [0.25, 0.3) is 50.0 Å². The van der Waals surface area contributed by atoms with Crippen molar-refractivity contribution in [2.45, 2.75) is 105 Å². The number of imidazole rings is 1. The number of pyridine rings is 1. The van der Waals surface area contributed by atoms with Crippen molar-refractivity contribution in [3.8, 4) is 28.7 Å². The molecule has 5 heteroatoms. The molecule has 290 valence electrons. The van der Waals surface area contributed by atoms with Gasteiger partial charge in [0.25, 0.3) is 6.33 Å². The number of hydrogen-bond acceptors (Lipinski definition) is 2. The average molecular weight is 753 g/mol. The Balaban J connectivity index is 1.24. The van der Waals surface area contributed by atoms with Crippen LogP contribution in [0.5, 0.6) is 11.5 Å². The van der Waals surface area contributed by atoms with Crippen LogP contribution < -0.4 is 9.30 Å². The fourth-order valence-corrected chi connectivity index (χ4v) is 7.66. The molecule has 57 heavy (non-hydrogen) atoms. The molecule has 0 N–H and O–H groups in total. The van der Waals surface area contributed by atoms with E-state index in [0.29, 0.717) is 0 Å². The van der Waals surface area contributed by atoms with Crippen molar-refractivity contribution in [2.75, 3.05) is 0 Å². The second-order valence-electron chi connectivity index (χ2n) is 19.8. The van der Waals surface area contributed by atoms with Gasteiger partial charge < -0.3 is 4.74 Å². The van der Waals surface area contributed by atoms with Crippen LogP contribution in [0.3, 0.4) is 0 Å². The van der Waals surface area contributed by atoms with Crippen LogP contribution in [0.4, 0.5) is 0 Å². The summed E-state index contributed by atoms with van der Waals surface area (Å²) < 4.78 is 13.4. The van der Waals surface area contributed by atoms with Gasteiger partial charge in [0.15, 0.2) is 0 Å². The molecular weight excluding hydrogens is 697 g/mol. The summed E-state index contributed by atoms with van der Waals surface area (Å²) in [6.07, 6.45) is 5.72. The Bertz CT molecular complexity index is 2770. The van der Waals surface area contributed by atoms with Crippen molar-refractivity contribution in [3.05, 3.63) is 150 Å². The topological polar surface area (TPSA) is 35.9 Å². The second kappa shape index (κ2) is 13.5. The Kier molecular flexibility index (Phi) is 9.03. The van der Waals surface area contributed by atoms with E-state index in [4.69, 9.17) is 9.72 Å². The third kappa shape index (κ3) is 7.25. The van der Waals surface area contributed by atoms with E-state index in [-0.39, 0.29) is 21.7 Å². The highest BCUT2D eigenvalue weighted by molar-refractivity contribution is 6.09. The summed E-state index contributed by atoms with van der Waals surface area (Å²) in [6, 6.07) is 41.5. The fraction of sp³-hybridized carbons (Fsp3) is 0.308. The van der Waals surface area contributed by atoms with Gasteiger partial charge in [-0.05, 0) is 111 Å². The van der Waals surface area contributed by atoms with Gasteiger partial charge in [-0.15, -0.1) is 0 Å². The minimum atomic E-state index is -0.0124. The van der Waals surface area contributed by atoms with Gasteiger partial charge in [-0.1, -0.05) is 126 Å². The number of para-hydroxylation sites is 1. The van der Waals surface area contributed by atoms with Crippen molar-refractivity contribution in [3.63, 3.8) is 0 Å². The second-order valence-corrected chi connectivity index (χ2v) is 19.8. The number of benzene rings is 5. The van der Waals surface area contributed by atoms with E-state index < -0.39 is 0 Å². The predicted molar refractivity (Wildman–Crippen MR) is 237 cm³/mol. The van der Waals surface area contributed by atoms with Gasteiger partial charge in [0.05, 0.1) is 33.4 Å². The van der Waals surface area contributed by atoms with Crippen LogP contribution in [0.15, 0.2) is 121 Å². The molecule has 0 aliphatic heterocycles. The predicted octanol–water partition coefficient (Wildman–Crippen LogP) is 13.2. The molecule has 5 nitrogen and oxygen atoms in total. The number of fused-ring (bicyclic) bond motifs is 4. The first-order chi connectivity index (χ1) is 26.8. The lowest BCUT2D eigenvalue weighted by Gasteiger charge is -2.26. The van der Waals surface area contributed by atoms with E-state index in [2.05, 4.69) is 212 Å². The molecule has 0 unspecified atom stereocenters. The molecule has 3 aromatic heterocycles. The maximum absolute atomic E-state index is 6.72. The van der Waals surface area contributed by atoms with E-state index in [9.17, 15) is 0 Å². The van der Waals surface area contributed by atoms with Gasteiger partial charge in [-0.25, -0.2) is 4.98 Å². The lowest BCUT2D eigenvalue weighted by molar-refractivity contribution is -0.572. The smallest absolute Gasteiger partial charge is 0.269 e. The summed E-state index contributed by atoms with van der Waals surface area (Å²) in [7, 11) is 0. The van der Waals surface area contributed by atoms with E-state index in [1.54, 1.807) is 0 Å². The summed E-state index contributed by atoms with van der Waals surface area (Å²) >= 11 is 0. The third-order valence-corrected chi connectivity index (χ3v) is 11.2. The Labute approximate surface area is 338 Å². The SMILES string of the molecule is CC(C)(C)c1cc(-[n+]2[c-]n(-c3cccc(Oc4ccc5c6ccccc6n(-c6cc(C(C)(C)C)ccn6)c5c4)c3)c3ccc(C(C)(C)C)cc32)cc(C(C)(C)C)c1. The summed E-state index contributed by atoms with van der Waals surface area (Å²) in [5, 5.41) is 2.34. The number of aromatic nitrogens is 4. The van der Waals surface area contributed by atoms with Gasteiger partial charge in [-0.3, -0.25) is 13.7 Å². The van der Waals surface area contributed by atoms with Crippen LogP contribution in [0.1, 0.15) is 105 Å². The molecular formula is C52H56N4O. The summed E-state index contributed by atoms with van der Waals surface area (Å²) in [5.74, 6) is 2.41. The van der Waals surface area contributed by atoms with Crippen LogP contribution >= 0.6 is 0 Å². The summed E-state index contributed by atoms with van der Waals surface area (Å²) in [4.78, 5) is 4.87. The fourth-order valence-electron chi connectivity index (χ4n) is 7.66.